The molecule has 4 heterocycles. The fraction of sp³-hybridized carbons (Fsp3) is 0.846. The van der Waals surface area contributed by atoms with Crippen LogP contribution in [-0.2, 0) is 47.7 Å². The van der Waals surface area contributed by atoms with E-state index in [1.165, 1.54) is 11.4 Å². The number of nitrogens with one attached hydrogen (secondary N) is 3. The van der Waals surface area contributed by atoms with Crippen molar-refractivity contribution in [3.8, 4) is 0 Å². The number of imidazole rings is 1. The van der Waals surface area contributed by atoms with E-state index in [1.54, 1.807) is 15.8 Å². The molecular formula is C52H95N11O11. The van der Waals surface area contributed by atoms with Crippen LogP contribution in [0.1, 0.15) is 167 Å². The summed E-state index contributed by atoms with van der Waals surface area (Å²) in [6.45, 7) is 30.3. The molecule has 22 heteroatoms. The summed E-state index contributed by atoms with van der Waals surface area (Å²) in [7, 11) is 0. The molecule has 3 amide bonds. The number of anilines is 1. The highest BCUT2D eigenvalue weighted by molar-refractivity contribution is 5.81. The zero-order valence-corrected chi connectivity index (χ0v) is 47.3. The van der Waals surface area contributed by atoms with E-state index in [4.69, 9.17) is 44.8 Å². The van der Waals surface area contributed by atoms with Gasteiger partial charge in [-0.05, 0) is 128 Å². The molecule has 2 aromatic rings. The molecule has 2 saturated heterocycles. The zero-order chi connectivity index (χ0) is 55.1. The first-order chi connectivity index (χ1) is 34.4. The highest BCUT2D eigenvalue weighted by Gasteiger charge is 2.48. The number of nitrogen functional groups attached to an aromatic ring is 1. The van der Waals surface area contributed by atoms with Crippen LogP contribution in [0.3, 0.4) is 0 Å². The van der Waals surface area contributed by atoms with Crippen molar-refractivity contribution in [2.24, 2.45) is 11.7 Å². The third-order valence-corrected chi connectivity index (χ3v) is 13.4. The van der Waals surface area contributed by atoms with E-state index < -0.39 is 52.7 Å². The lowest BCUT2D eigenvalue weighted by atomic mass is 10.0. The third-order valence-electron chi connectivity index (χ3n) is 13.4. The van der Waals surface area contributed by atoms with Gasteiger partial charge in [-0.25, -0.2) is 15.0 Å². The van der Waals surface area contributed by atoms with Gasteiger partial charge in [0.2, 0.25) is 17.7 Å². The van der Waals surface area contributed by atoms with Crippen molar-refractivity contribution < 1.29 is 52.8 Å². The van der Waals surface area contributed by atoms with Crippen molar-refractivity contribution in [2.45, 2.75) is 219 Å². The summed E-state index contributed by atoms with van der Waals surface area (Å²) < 4.78 is 33.5. The minimum absolute atomic E-state index is 0.128. The normalized spacial score (nSPS) is 25.1. The summed E-state index contributed by atoms with van der Waals surface area (Å²) in [6.07, 6.45) is 3.23. The molecule has 2 aliphatic heterocycles. The van der Waals surface area contributed by atoms with Crippen molar-refractivity contribution >= 4 is 34.7 Å². The number of morpholine rings is 1. The quantitative estimate of drug-likeness (QED) is 0.153. The SMILES string of the molecule is CC(C)C[C@H]1O[C@@H](n2cnc3c(N)ncnc32)C2NOC(C)(C)CCOC(C)(C)CCC(=O)NCCN(C(=O)CCOC(C)(C)CCOC(C)(C)CCN)CCNC(=O)CCC(C)(C)OCCC(C)(C)ON2C1O. The average Bonchev–Trinajstić information content (AvgIpc) is 3.72. The maximum atomic E-state index is 13.7. The lowest BCUT2D eigenvalue weighted by Crippen LogP contribution is -2.65. The Labute approximate surface area is 440 Å². The number of nitrogens with zero attached hydrogens (tertiary/aromatic N) is 6. The third kappa shape index (κ3) is 21.0. The molecular weight excluding hydrogens is 955 g/mol. The smallest absolute Gasteiger partial charge is 0.225 e. The highest BCUT2D eigenvalue weighted by Crippen LogP contribution is 2.37. The number of rotatable bonds is 13. The predicted octanol–water partition coefficient (Wildman–Crippen LogP) is 5.03. The second-order valence-electron chi connectivity index (χ2n) is 23.9. The largest absolute Gasteiger partial charge is 0.382 e. The molecule has 2 unspecified atom stereocenters. The number of carbonyl (C=O) groups is 3. The summed E-state index contributed by atoms with van der Waals surface area (Å²) in [5.74, 6) is -0.141. The van der Waals surface area contributed by atoms with E-state index >= 15 is 0 Å². The molecule has 0 bridgehead atoms. The van der Waals surface area contributed by atoms with Gasteiger partial charge in [-0.2, -0.15) is 5.48 Å². The second-order valence-corrected chi connectivity index (χ2v) is 23.9. The van der Waals surface area contributed by atoms with Gasteiger partial charge in [0.15, 0.2) is 30.1 Å². The van der Waals surface area contributed by atoms with Crippen molar-refractivity contribution in [1.82, 2.24) is 45.6 Å². The topological polar surface area (TPSA) is 274 Å². The minimum Gasteiger partial charge on any atom is -0.382 e. The Morgan fingerprint density at radius 3 is 1.97 bits per heavy atom. The average molecular weight is 1050 g/mol. The molecule has 0 saturated carbocycles. The van der Waals surface area contributed by atoms with E-state index in [0.717, 1.165) is 6.42 Å². The number of nitrogens with two attached hydrogens (primary N) is 2. The maximum absolute atomic E-state index is 13.7. The first-order valence-electron chi connectivity index (χ1n) is 26.7. The fourth-order valence-electron chi connectivity index (χ4n) is 8.47. The molecule has 0 aliphatic carbocycles. The van der Waals surface area contributed by atoms with Gasteiger partial charge in [0.1, 0.15) is 17.9 Å². The van der Waals surface area contributed by atoms with E-state index in [9.17, 15) is 19.5 Å². The summed E-state index contributed by atoms with van der Waals surface area (Å²) in [4.78, 5) is 68.2. The van der Waals surface area contributed by atoms with Gasteiger partial charge < -0.3 is 55.8 Å². The van der Waals surface area contributed by atoms with Crippen LogP contribution >= 0.6 is 0 Å². The molecule has 74 heavy (non-hydrogen) atoms. The number of aliphatic hydroxyl groups excluding tert-OH is 1. The molecule has 424 valence electrons. The predicted molar refractivity (Wildman–Crippen MR) is 282 cm³/mol. The van der Waals surface area contributed by atoms with Gasteiger partial charge in [0.25, 0.3) is 0 Å². The van der Waals surface area contributed by atoms with Crippen LogP contribution in [0.2, 0.25) is 0 Å². The molecule has 2 fully saturated rings. The lowest BCUT2D eigenvalue weighted by Gasteiger charge is -2.49. The minimum atomic E-state index is -1.24. The summed E-state index contributed by atoms with van der Waals surface area (Å²) in [5.41, 5.74) is 12.0. The molecule has 4 atom stereocenters. The van der Waals surface area contributed by atoms with Crippen LogP contribution in [0.5, 0.6) is 0 Å². The van der Waals surface area contributed by atoms with E-state index in [-0.39, 0.29) is 93.7 Å². The number of hydrogen-bond acceptors (Lipinski definition) is 18. The number of amides is 3. The van der Waals surface area contributed by atoms with Crippen molar-refractivity contribution in [1.29, 1.82) is 0 Å². The van der Waals surface area contributed by atoms with E-state index in [0.29, 0.717) is 69.4 Å². The van der Waals surface area contributed by atoms with Gasteiger partial charge in [0, 0.05) is 51.9 Å². The molecule has 8 N–H and O–H groups in total. The van der Waals surface area contributed by atoms with Crippen molar-refractivity contribution in [2.75, 3.05) is 64.9 Å². The molecule has 0 aromatic carbocycles. The number of hydrogen-bond donors (Lipinski definition) is 6. The Morgan fingerprint density at radius 2 is 1.39 bits per heavy atom. The Balaban J connectivity index is 1.51. The summed E-state index contributed by atoms with van der Waals surface area (Å²) >= 11 is 0. The van der Waals surface area contributed by atoms with Gasteiger partial charge in [0.05, 0.1) is 72.8 Å². The van der Waals surface area contributed by atoms with E-state index in [2.05, 4.69) is 44.9 Å². The van der Waals surface area contributed by atoms with Crippen LogP contribution in [0.15, 0.2) is 12.7 Å². The summed E-state index contributed by atoms with van der Waals surface area (Å²) in [6, 6.07) is 0. The number of hydroxylamine groups is 3. The number of aliphatic hydroxyl groups is 1. The number of ether oxygens (including phenoxy) is 5. The molecule has 0 spiro atoms. The molecule has 22 nitrogen and oxygen atoms in total. The lowest BCUT2D eigenvalue weighted by molar-refractivity contribution is -0.399. The van der Waals surface area contributed by atoms with Gasteiger partial charge >= 0.3 is 0 Å². The van der Waals surface area contributed by atoms with Gasteiger partial charge in [-0.15, -0.1) is 5.06 Å². The zero-order valence-electron chi connectivity index (χ0n) is 47.3. The van der Waals surface area contributed by atoms with Crippen LogP contribution in [0.25, 0.3) is 11.2 Å². The number of aromatic nitrogens is 4. The van der Waals surface area contributed by atoms with Crippen LogP contribution in [0, 0.1) is 5.92 Å². The number of fused-ring (bicyclic) bond motifs is 2. The maximum Gasteiger partial charge on any atom is 0.225 e. The Morgan fingerprint density at radius 1 is 0.824 bits per heavy atom. The summed E-state index contributed by atoms with van der Waals surface area (Å²) in [5, 5.41) is 19.6. The molecule has 2 aromatic heterocycles. The van der Waals surface area contributed by atoms with Gasteiger partial charge in [-0.3, -0.25) is 28.6 Å². The number of carbonyl (C=O) groups excluding carboxylic acids is 3. The highest BCUT2D eigenvalue weighted by atomic mass is 16.7. The standard InChI is InChI=1S/C52H95N11O11/c1-36(2)33-37-45(67)63-44(46(72-37)62-35-59-41-42(54)57-34-58-43(41)62)60-73-51(11,12)22-31-69-47(3,4)18-15-38(64)55-25-27-61(40(66)17-29-68-50(9,10)21-30-71-49(7,8)20-24-53)28-26-56-39(65)16-19-48(5,6)70-32-23-52(13,14)74-63/h34-37,44-46,60,67H,15-33,53H2,1-14H3,(H,55,64)(H,56,65)(H2,54,57,58)/t37-,44?,45?,46-/m1/s1. The Kier molecular flexibility index (Phi) is 23.4. The van der Waals surface area contributed by atoms with Crippen LogP contribution in [-0.4, -0.2) is 164 Å². The van der Waals surface area contributed by atoms with Crippen LogP contribution < -0.4 is 27.6 Å². The van der Waals surface area contributed by atoms with Gasteiger partial charge in [-0.1, -0.05) is 13.8 Å². The molecule has 4 rings (SSSR count). The first-order valence-corrected chi connectivity index (χ1v) is 26.7. The Hall–Kier alpha value is -3.68. The molecule has 0 radical (unpaired) electrons. The second kappa shape index (κ2) is 27.6. The van der Waals surface area contributed by atoms with Crippen molar-refractivity contribution in [3.63, 3.8) is 0 Å². The monoisotopic (exact) mass is 1050 g/mol. The first kappa shape index (κ1) is 62.9. The fourth-order valence-corrected chi connectivity index (χ4v) is 8.47. The van der Waals surface area contributed by atoms with Crippen molar-refractivity contribution in [3.05, 3.63) is 12.7 Å². The Bertz CT molecular complexity index is 2060. The van der Waals surface area contributed by atoms with E-state index in [1.807, 2.05) is 83.1 Å². The van der Waals surface area contributed by atoms with Crippen LogP contribution in [0.4, 0.5) is 5.82 Å². The molecule has 2 aliphatic rings.